The lowest BCUT2D eigenvalue weighted by Crippen LogP contribution is -2.39. The van der Waals surface area contributed by atoms with Crippen molar-refractivity contribution in [2.75, 3.05) is 25.0 Å². The highest BCUT2D eigenvalue weighted by Gasteiger charge is 2.26. The van der Waals surface area contributed by atoms with Crippen LogP contribution in [0.25, 0.3) is 11.2 Å². The van der Waals surface area contributed by atoms with Gasteiger partial charge >= 0.3 is 0 Å². The van der Waals surface area contributed by atoms with Gasteiger partial charge in [0.2, 0.25) is 0 Å². The van der Waals surface area contributed by atoms with E-state index >= 15 is 0 Å². The summed E-state index contributed by atoms with van der Waals surface area (Å²) in [5, 5.41) is 6.83. The Bertz CT molecular complexity index is 528. The van der Waals surface area contributed by atoms with Crippen molar-refractivity contribution in [1.29, 1.82) is 0 Å². The molecule has 0 aromatic carbocycles. The largest absolute Gasteiger partial charge is 0.368 e. The van der Waals surface area contributed by atoms with Crippen LogP contribution in [0.15, 0.2) is 12.7 Å². The fraction of sp³-hybridized carbons (Fsp3) is 0.583. The SMILES string of the molecule is CC1(CNc2ncnc3nc[nH]c23)CCNCC1. The Morgan fingerprint density at radius 2 is 2.11 bits per heavy atom. The van der Waals surface area contributed by atoms with Crippen LogP contribution in [-0.4, -0.2) is 39.6 Å². The molecule has 96 valence electrons. The number of anilines is 1. The molecular weight excluding hydrogens is 228 g/mol. The zero-order chi connectivity index (χ0) is 12.4. The summed E-state index contributed by atoms with van der Waals surface area (Å²) >= 11 is 0. The van der Waals surface area contributed by atoms with E-state index in [1.165, 1.54) is 12.8 Å². The Labute approximate surface area is 106 Å². The van der Waals surface area contributed by atoms with Gasteiger partial charge in [0, 0.05) is 6.54 Å². The minimum absolute atomic E-state index is 0.336. The van der Waals surface area contributed by atoms with E-state index in [4.69, 9.17) is 0 Å². The van der Waals surface area contributed by atoms with Crippen molar-refractivity contribution in [1.82, 2.24) is 25.3 Å². The first-order chi connectivity index (χ1) is 8.77. The summed E-state index contributed by atoms with van der Waals surface area (Å²) in [4.78, 5) is 15.6. The standard InChI is InChI=1S/C12H18N6/c1-12(2-4-13-5-3-12)6-14-10-9-11(16-7-15-9)18-8-17-10/h7-8,13H,2-6H2,1H3,(H2,14,15,16,17,18). The molecule has 6 heteroatoms. The van der Waals surface area contributed by atoms with Crippen LogP contribution in [0.4, 0.5) is 5.82 Å². The fourth-order valence-corrected chi connectivity index (χ4v) is 2.40. The average Bonchev–Trinajstić information content (AvgIpc) is 2.86. The van der Waals surface area contributed by atoms with Crippen molar-refractivity contribution in [3.8, 4) is 0 Å². The second-order valence-corrected chi connectivity index (χ2v) is 5.24. The summed E-state index contributed by atoms with van der Waals surface area (Å²) in [5.74, 6) is 0.845. The summed E-state index contributed by atoms with van der Waals surface area (Å²) in [6.45, 7) is 5.45. The molecule has 2 aromatic rings. The van der Waals surface area contributed by atoms with Gasteiger partial charge in [-0.2, -0.15) is 0 Å². The lowest BCUT2D eigenvalue weighted by atomic mass is 9.81. The molecule has 0 saturated carbocycles. The predicted octanol–water partition coefficient (Wildman–Crippen LogP) is 1.15. The number of fused-ring (bicyclic) bond motifs is 1. The molecule has 1 aliphatic heterocycles. The van der Waals surface area contributed by atoms with Crippen molar-refractivity contribution in [2.24, 2.45) is 5.41 Å². The minimum atomic E-state index is 0.336. The molecule has 0 atom stereocenters. The molecule has 1 fully saturated rings. The molecule has 3 N–H and O–H groups in total. The Balaban J connectivity index is 1.74. The third-order valence-electron chi connectivity index (χ3n) is 3.72. The maximum atomic E-state index is 4.29. The smallest absolute Gasteiger partial charge is 0.182 e. The maximum absolute atomic E-state index is 4.29. The molecule has 0 bridgehead atoms. The summed E-state index contributed by atoms with van der Waals surface area (Å²) < 4.78 is 0. The second kappa shape index (κ2) is 4.53. The molecule has 6 nitrogen and oxygen atoms in total. The highest BCUT2D eigenvalue weighted by Crippen LogP contribution is 2.28. The Morgan fingerprint density at radius 3 is 2.94 bits per heavy atom. The normalized spacial score (nSPS) is 18.9. The van der Waals surface area contributed by atoms with Gasteiger partial charge < -0.3 is 15.6 Å². The van der Waals surface area contributed by atoms with Crippen LogP contribution in [0.3, 0.4) is 0 Å². The van der Waals surface area contributed by atoms with Crippen molar-refractivity contribution in [2.45, 2.75) is 19.8 Å². The Kier molecular flexibility index (Phi) is 2.87. The number of piperidine rings is 1. The van der Waals surface area contributed by atoms with Crippen LogP contribution in [0.1, 0.15) is 19.8 Å². The predicted molar refractivity (Wildman–Crippen MR) is 70.4 cm³/mol. The number of hydrogen-bond donors (Lipinski definition) is 3. The van der Waals surface area contributed by atoms with Gasteiger partial charge in [0.15, 0.2) is 11.5 Å². The second-order valence-electron chi connectivity index (χ2n) is 5.24. The van der Waals surface area contributed by atoms with E-state index in [1.54, 1.807) is 12.7 Å². The van der Waals surface area contributed by atoms with E-state index < -0.39 is 0 Å². The zero-order valence-corrected chi connectivity index (χ0v) is 10.5. The molecule has 1 aliphatic rings. The van der Waals surface area contributed by atoms with E-state index in [2.05, 4.69) is 37.5 Å². The topological polar surface area (TPSA) is 78.5 Å². The van der Waals surface area contributed by atoms with Crippen molar-refractivity contribution in [3.63, 3.8) is 0 Å². The molecule has 0 spiro atoms. The van der Waals surface area contributed by atoms with Gasteiger partial charge in [-0.15, -0.1) is 0 Å². The number of aromatic amines is 1. The maximum Gasteiger partial charge on any atom is 0.182 e. The lowest BCUT2D eigenvalue weighted by Gasteiger charge is -2.34. The van der Waals surface area contributed by atoms with Crippen LogP contribution in [0, 0.1) is 5.41 Å². The van der Waals surface area contributed by atoms with Crippen molar-refractivity contribution < 1.29 is 0 Å². The Morgan fingerprint density at radius 1 is 1.28 bits per heavy atom. The molecule has 2 aromatic heterocycles. The highest BCUT2D eigenvalue weighted by atomic mass is 15.1. The van der Waals surface area contributed by atoms with Gasteiger partial charge in [0.05, 0.1) is 6.33 Å². The van der Waals surface area contributed by atoms with Gasteiger partial charge in [-0.1, -0.05) is 6.92 Å². The number of nitrogens with one attached hydrogen (secondary N) is 3. The van der Waals surface area contributed by atoms with E-state index in [0.717, 1.165) is 31.0 Å². The first-order valence-corrected chi connectivity index (χ1v) is 6.36. The fourth-order valence-electron chi connectivity index (χ4n) is 2.40. The molecule has 18 heavy (non-hydrogen) atoms. The first kappa shape index (κ1) is 11.4. The molecule has 0 radical (unpaired) electrons. The molecule has 3 heterocycles. The number of aromatic nitrogens is 4. The van der Waals surface area contributed by atoms with Crippen LogP contribution in [0.5, 0.6) is 0 Å². The van der Waals surface area contributed by atoms with Crippen LogP contribution >= 0.6 is 0 Å². The van der Waals surface area contributed by atoms with Gasteiger partial charge in [-0.05, 0) is 31.3 Å². The zero-order valence-electron chi connectivity index (χ0n) is 10.5. The number of rotatable bonds is 3. The molecule has 0 aliphatic carbocycles. The number of imidazole rings is 1. The number of nitrogens with zero attached hydrogens (tertiary/aromatic N) is 3. The summed E-state index contributed by atoms with van der Waals surface area (Å²) in [5.41, 5.74) is 1.93. The molecule has 1 saturated heterocycles. The highest BCUT2D eigenvalue weighted by molar-refractivity contribution is 5.81. The first-order valence-electron chi connectivity index (χ1n) is 6.36. The average molecular weight is 246 g/mol. The quantitative estimate of drug-likeness (QED) is 0.757. The molecule has 0 unspecified atom stereocenters. The van der Waals surface area contributed by atoms with Crippen molar-refractivity contribution >= 4 is 17.0 Å². The Hall–Kier alpha value is -1.69. The van der Waals surface area contributed by atoms with Gasteiger partial charge in [0.25, 0.3) is 0 Å². The number of H-pyrrole nitrogens is 1. The van der Waals surface area contributed by atoms with E-state index in [0.29, 0.717) is 11.1 Å². The molecule has 3 rings (SSSR count). The van der Waals surface area contributed by atoms with Crippen LogP contribution in [0.2, 0.25) is 0 Å². The van der Waals surface area contributed by atoms with Crippen LogP contribution < -0.4 is 10.6 Å². The summed E-state index contributed by atoms with van der Waals surface area (Å²) in [6.07, 6.45) is 5.58. The molecular formula is C12H18N6. The van der Waals surface area contributed by atoms with Gasteiger partial charge in [-0.25, -0.2) is 15.0 Å². The van der Waals surface area contributed by atoms with Gasteiger partial charge in [-0.3, -0.25) is 0 Å². The monoisotopic (exact) mass is 246 g/mol. The van der Waals surface area contributed by atoms with Gasteiger partial charge in [0.1, 0.15) is 11.8 Å². The van der Waals surface area contributed by atoms with Crippen LogP contribution in [-0.2, 0) is 0 Å². The summed E-state index contributed by atoms with van der Waals surface area (Å²) in [7, 11) is 0. The summed E-state index contributed by atoms with van der Waals surface area (Å²) in [6, 6.07) is 0. The minimum Gasteiger partial charge on any atom is -0.368 e. The van der Waals surface area contributed by atoms with E-state index in [-0.39, 0.29) is 0 Å². The van der Waals surface area contributed by atoms with Crippen molar-refractivity contribution in [3.05, 3.63) is 12.7 Å². The molecule has 0 amide bonds. The lowest BCUT2D eigenvalue weighted by molar-refractivity contribution is 0.247. The number of hydrogen-bond acceptors (Lipinski definition) is 5. The van der Waals surface area contributed by atoms with E-state index in [1.807, 2.05) is 0 Å². The third-order valence-corrected chi connectivity index (χ3v) is 3.72. The third kappa shape index (κ3) is 2.15. The van der Waals surface area contributed by atoms with E-state index in [9.17, 15) is 0 Å².